The summed E-state index contributed by atoms with van der Waals surface area (Å²) in [5.41, 5.74) is 2.00. The summed E-state index contributed by atoms with van der Waals surface area (Å²) in [6.07, 6.45) is 2.10. The maximum atomic E-state index is 11.6. The number of rotatable bonds is 7. The molecule has 0 fully saturated rings. The van der Waals surface area contributed by atoms with E-state index in [2.05, 4.69) is 18.3 Å². The first-order valence-corrected chi connectivity index (χ1v) is 7.97. The van der Waals surface area contributed by atoms with Gasteiger partial charge in [0.2, 0.25) is 5.91 Å². The number of carbonyl (C=O) groups is 1. The minimum atomic E-state index is -0.0232. The molecule has 3 nitrogen and oxygen atoms in total. The van der Waals surface area contributed by atoms with E-state index in [0.29, 0.717) is 18.7 Å². The van der Waals surface area contributed by atoms with Gasteiger partial charge in [0.25, 0.3) is 0 Å². The molecule has 2 rings (SSSR count). The minimum Gasteiger partial charge on any atom is -0.457 e. The van der Waals surface area contributed by atoms with Gasteiger partial charge in [0, 0.05) is 18.0 Å². The highest BCUT2D eigenvalue weighted by Gasteiger charge is 2.03. The third-order valence-electron chi connectivity index (χ3n) is 3.22. The van der Waals surface area contributed by atoms with E-state index in [1.807, 2.05) is 42.5 Å². The molecular weight excluding hydrogens is 298 g/mol. The fourth-order valence-corrected chi connectivity index (χ4v) is 2.16. The van der Waals surface area contributed by atoms with Crippen molar-refractivity contribution in [1.82, 2.24) is 0 Å². The van der Waals surface area contributed by atoms with Crippen molar-refractivity contribution in [3.63, 3.8) is 0 Å². The smallest absolute Gasteiger partial charge is 0.224 e. The number of hydrogen-bond acceptors (Lipinski definition) is 2. The molecule has 22 heavy (non-hydrogen) atoms. The fraction of sp³-hybridized carbons (Fsp3) is 0.278. The second-order valence-electron chi connectivity index (χ2n) is 4.97. The summed E-state index contributed by atoms with van der Waals surface area (Å²) in [6, 6.07) is 15.4. The molecule has 0 radical (unpaired) electrons. The van der Waals surface area contributed by atoms with Crippen LogP contribution in [0.1, 0.15) is 25.3 Å². The van der Waals surface area contributed by atoms with Gasteiger partial charge in [-0.15, -0.1) is 11.6 Å². The van der Waals surface area contributed by atoms with Crippen LogP contribution in [0.2, 0.25) is 0 Å². The van der Waals surface area contributed by atoms with Crippen LogP contribution < -0.4 is 10.1 Å². The Kier molecular flexibility index (Phi) is 6.28. The molecule has 1 N–H and O–H groups in total. The highest BCUT2D eigenvalue weighted by molar-refractivity contribution is 6.18. The number of ether oxygens (including phenoxy) is 1. The van der Waals surface area contributed by atoms with Crippen molar-refractivity contribution in [3.05, 3.63) is 54.1 Å². The second kappa shape index (κ2) is 8.44. The molecule has 0 saturated carbocycles. The summed E-state index contributed by atoms with van der Waals surface area (Å²) in [4.78, 5) is 11.6. The molecule has 0 aromatic heterocycles. The molecule has 0 saturated heterocycles. The number of amides is 1. The molecule has 0 heterocycles. The number of aryl methyl sites for hydroxylation is 1. The van der Waals surface area contributed by atoms with Crippen LogP contribution in [0.25, 0.3) is 0 Å². The average Bonchev–Trinajstić information content (AvgIpc) is 2.55. The summed E-state index contributed by atoms with van der Waals surface area (Å²) >= 11 is 5.57. The quantitative estimate of drug-likeness (QED) is 0.730. The van der Waals surface area contributed by atoms with E-state index in [1.165, 1.54) is 5.56 Å². The molecule has 0 atom stereocenters. The number of benzene rings is 2. The molecule has 0 aliphatic rings. The molecule has 4 heteroatoms. The molecule has 0 spiro atoms. The van der Waals surface area contributed by atoms with E-state index in [9.17, 15) is 4.79 Å². The normalized spacial score (nSPS) is 10.3. The van der Waals surface area contributed by atoms with Gasteiger partial charge >= 0.3 is 0 Å². The lowest BCUT2D eigenvalue weighted by Crippen LogP contribution is -2.11. The first kappa shape index (κ1) is 16.4. The van der Waals surface area contributed by atoms with Crippen molar-refractivity contribution in [1.29, 1.82) is 0 Å². The predicted molar refractivity (Wildman–Crippen MR) is 90.9 cm³/mol. The number of halogens is 1. The number of anilines is 1. The van der Waals surface area contributed by atoms with Crippen molar-refractivity contribution in [3.8, 4) is 11.5 Å². The van der Waals surface area contributed by atoms with Crippen LogP contribution in [-0.2, 0) is 11.2 Å². The topological polar surface area (TPSA) is 38.3 Å². The van der Waals surface area contributed by atoms with E-state index in [1.54, 1.807) is 0 Å². The Hall–Kier alpha value is -2.00. The highest BCUT2D eigenvalue weighted by Crippen LogP contribution is 2.24. The van der Waals surface area contributed by atoms with Crippen LogP contribution in [0.4, 0.5) is 5.69 Å². The van der Waals surface area contributed by atoms with E-state index in [-0.39, 0.29) is 5.91 Å². The molecule has 0 bridgehead atoms. The van der Waals surface area contributed by atoms with E-state index in [4.69, 9.17) is 16.3 Å². The Balaban J connectivity index is 1.95. The molecule has 0 aliphatic carbocycles. The molecule has 2 aromatic carbocycles. The van der Waals surface area contributed by atoms with E-state index in [0.717, 1.165) is 23.6 Å². The van der Waals surface area contributed by atoms with Gasteiger partial charge < -0.3 is 10.1 Å². The lowest BCUT2D eigenvalue weighted by molar-refractivity contribution is -0.116. The van der Waals surface area contributed by atoms with Crippen molar-refractivity contribution >= 4 is 23.2 Å². The number of carbonyl (C=O) groups excluding carboxylic acids is 1. The molecule has 1 amide bonds. The first-order valence-electron chi connectivity index (χ1n) is 7.44. The molecule has 0 unspecified atom stereocenters. The van der Waals surface area contributed by atoms with Gasteiger partial charge in [0.05, 0.1) is 0 Å². The zero-order valence-corrected chi connectivity index (χ0v) is 13.4. The predicted octanol–water partition coefficient (Wildman–Crippen LogP) is 5.00. The van der Waals surface area contributed by atoms with Gasteiger partial charge in [-0.05, 0) is 54.8 Å². The third-order valence-corrected chi connectivity index (χ3v) is 3.49. The first-order chi connectivity index (χ1) is 10.7. The Bertz CT molecular complexity index is 611. The van der Waals surface area contributed by atoms with Crippen LogP contribution in [0.5, 0.6) is 11.5 Å². The van der Waals surface area contributed by atoms with Gasteiger partial charge in [0.1, 0.15) is 11.5 Å². The zero-order chi connectivity index (χ0) is 15.8. The van der Waals surface area contributed by atoms with Crippen molar-refractivity contribution in [2.45, 2.75) is 26.2 Å². The standard InChI is InChI=1S/C18H20ClNO2/c1-2-14-5-3-6-17(13-14)22-16-10-8-15(9-11-16)20-18(21)7-4-12-19/h3,5-6,8-11,13H,2,4,7,12H2,1H3,(H,20,21). The number of nitrogens with one attached hydrogen (secondary N) is 1. The van der Waals surface area contributed by atoms with E-state index >= 15 is 0 Å². The van der Waals surface area contributed by atoms with Crippen LogP contribution in [-0.4, -0.2) is 11.8 Å². The monoisotopic (exact) mass is 317 g/mol. The Morgan fingerprint density at radius 2 is 1.91 bits per heavy atom. The van der Waals surface area contributed by atoms with Crippen LogP contribution >= 0.6 is 11.6 Å². The van der Waals surface area contributed by atoms with Gasteiger partial charge in [-0.2, -0.15) is 0 Å². The number of alkyl halides is 1. The summed E-state index contributed by atoms with van der Waals surface area (Å²) in [6.45, 7) is 2.11. The molecule has 2 aromatic rings. The minimum absolute atomic E-state index is 0.0232. The average molecular weight is 318 g/mol. The van der Waals surface area contributed by atoms with Gasteiger partial charge in [-0.3, -0.25) is 4.79 Å². The summed E-state index contributed by atoms with van der Waals surface area (Å²) in [5.74, 6) is 2.03. The lowest BCUT2D eigenvalue weighted by atomic mass is 10.2. The lowest BCUT2D eigenvalue weighted by Gasteiger charge is -2.09. The van der Waals surface area contributed by atoms with Gasteiger partial charge in [0.15, 0.2) is 0 Å². The summed E-state index contributed by atoms with van der Waals surface area (Å²) in [5, 5.41) is 2.83. The Morgan fingerprint density at radius 3 is 2.59 bits per heavy atom. The molecule has 116 valence electrons. The van der Waals surface area contributed by atoms with Crippen molar-refractivity contribution in [2.75, 3.05) is 11.2 Å². The second-order valence-corrected chi connectivity index (χ2v) is 5.35. The Morgan fingerprint density at radius 1 is 1.14 bits per heavy atom. The van der Waals surface area contributed by atoms with Gasteiger partial charge in [-0.25, -0.2) is 0 Å². The van der Waals surface area contributed by atoms with Crippen molar-refractivity contribution < 1.29 is 9.53 Å². The fourth-order valence-electron chi connectivity index (χ4n) is 2.02. The number of hydrogen-bond donors (Lipinski definition) is 1. The van der Waals surface area contributed by atoms with Crippen LogP contribution in [0.3, 0.4) is 0 Å². The largest absolute Gasteiger partial charge is 0.457 e. The maximum absolute atomic E-state index is 11.6. The van der Waals surface area contributed by atoms with Crippen LogP contribution in [0.15, 0.2) is 48.5 Å². The SMILES string of the molecule is CCc1cccc(Oc2ccc(NC(=O)CCCCl)cc2)c1. The summed E-state index contributed by atoms with van der Waals surface area (Å²) < 4.78 is 5.82. The zero-order valence-electron chi connectivity index (χ0n) is 12.6. The Labute approximate surface area is 136 Å². The maximum Gasteiger partial charge on any atom is 0.224 e. The van der Waals surface area contributed by atoms with E-state index < -0.39 is 0 Å². The molecular formula is C18H20ClNO2. The van der Waals surface area contributed by atoms with Crippen molar-refractivity contribution in [2.24, 2.45) is 0 Å². The summed E-state index contributed by atoms with van der Waals surface area (Å²) in [7, 11) is 0. The highest BCUT2D eigenvalue weighted by atomic mass is 35.5. The van der Waals surface area contributed by atoms with Gasteiger partial charge in [-0.1, -0.05) is 19.1 Å². The molecule has 0 aliphatic heterocycles. The third kappa shape index (κ3) is 5.08. The van der Waals surface area contributed by atoms with Crippen LogP contribution in [0, 0.1) is 0 Å².